The van der Waals surface area contributed by atoms with Crippen LogP contribution in [0, 0.1) is 0 Å². The maximum absolute atomic E-state index is 5.70. The first-order valence-electron chi connectivity index (χ1n) is 6.14. The van der Waals surface area contributed by atoms with E-state index in [1.165, 1.54) is 16.5 Å². The summed E-state index contributed by atoms with van der Waals surface area (Å²) < 4.78 is 8.04. The number of hydrogen-bond acceptors (Lipinski definition) is 2. The van der Waals surface area contributed by atoms with E-state index in [1.54, 1.807) is 0 Å². The lowest BCUT2D eigenvalue weighted by atomic mass is 10.1. The summed E-state index contributed by atoms with van der Waals surface area (Å²) in [5.74, 6) is 1.03. The number of benzene rings is 1. The maximum atomic E-state index is 5.70. The quantitative estimate of drug-likeness (QED) is 0.803. The van der Waals surface area contributed by atoms with Crippen molar-refractivity contribution < 1.29 is 4.74 Å². The van der Waals surface area contributed by atoms with Crippen LogP contribution < -0.4 is 4.74 Å². The summed E-state index contributed by atoms with van der Waals surface area (Å²) in [5, 5.41) is 1.35. The molecule has 0 aliphatic carbocycles. The number of ether oxygens (including phenoxy) is 1. The first-order valence-corrected chi connectivity index (χ1v) is 6.14. The minimum absolute atomic E-state index is 0.786. The van der Waals surface area contributed by atoms with Crippen molar-refractivity contribution in [1.82, 2.24) is 9.47 Å². The molecule has 90 valence electrons. The van der Waals surface area contributed by atoms with Crippen molar-refractivity contribution in [3.05, 3.63) is 30.0 Å². The van der Waals surface area contributed by atoms with E-state index in [0.717, 1.165) is 31.9 Å². The van der Waals surface area contributed by atoms with Gasteiger partial charge >= 0.3 is 0 Å². The van der Waals surface area contributed by atoms with Crippen LogP contribution in [-0.2, 0) is 13.0 Å². The van der Waals surface area contributed by atoms with Gasteiger partial charge in [-0.05, 0) is 32.1 Å². The van der Waals surface area contributed by atoms with Gasteiger partial charge in [0.25, 0.3) is 0 Å². The summed E-state index contributed by atoms with van der Waals surface area (Å²) in [7, 11) is 4.23. The lowest BCUT2D eigenvalue weighted by Crippen LogP contribution is -2.15. The SMILES string of the molecule is CN(C)CCc1cn2c3c(cccc13)OCC2. The highest BCUT2D eigenvalue weighted by molar-refractivity contribution is 5.89. The van der Waals surface area contributed by atoms with Crippen LogP contribution in [0.3, 0.4) is 0 Å². The van der Waals surface area contributed by atoms with Crippen LogP contribution in [0.25, 0.3) is 10.9 Å². The summed E-state index contributed by atoms with van der Waals surface area (Å²) >= 11 is 0. The molecule has 0 N–H and O–H groups in total. The van der Waals surface area contributed by atoms with Gasteiger partial charge in [0.1, 0.15) is 12.4 Å². The third kappa shape index (κ3) is 1.80. The van der Waals surface area contributed by atoms with Crippen LogP contribution in [0.15, 0.2) is 24.4 Å². The molecule has 17 heavy (non-hydrogen) atoms. The summed E-state index contributed by atoms with van der Waals surface area (Å²) in [4.78, 5) is 2.23. The Labute approximate surface area is 102 Å². The predicted molar refractivity (Wildman–Crippen MR) is 69.7 cm³/mol. The number of rotatable bonds is 3. The molecule has 2 aromatic rings. The number of aromatic nitrogens is 1. The summed E-state index contributed by atoms with van der Waals surface area (Å²) in [6.45, 7) is 2.84. The molecule has 3 rings (SSSR count). The topological polar surface area (TPSA) is 17.4 Å². The molecule has 0 atom stereocenters. The Bertz CT molecular complexity index is 542. The number of hydrogen-bond donors (Lipinski definition) is 0. The van der Waals surface area contributed by atoms with Crippen LogP contribution in [0.5, 0.6) is 5.75 Å². The molecule has 2 heterocycles. The van der Waals surface area contributed by atoms with Crippen LogP contribution in [0.4, 0.5) is 0 Å². The van der Waals surface area contributed by atoms with Gasteiger partial charge in [0.15, 0.2) is 0 Å². The first kappa shape index (κ1) is 10.7. The fourth-order valence-electron chi connectivity index (χ4n) is 2.49. The molecule has 1 aliphatic heterocycles. The van der Waals surface area contributed by atoms with Gasteiger partial charge in [0.2, 0.25) is 0 Å². The molecule has 0 amide bonds. The zero-order chi connectivity index (χ0) is 11.8. The fraction of sp³-hybridized carbons (Fsp3) is 0.429. The van der Waals surface area contributed by atoms with Crippen molar-refractivity contribution in [2.24, 2.45) is 0 Å². The minimum atomic E-state index is 0.786. The number of likely N-dealkylation sites (N-methyl/N-ethyl adjacent to an activating group) is 1. The van der Waals surface area contributed by atoms with E-state index in [1.807, 2.05) is 0 Å². The Hall–Kier alpha value is -1.48. The summed E-state index contributed by atoms with van der Waals surface area (Å²) in [6, 6.07) is 6.36. The standard InChI is InChI=1S/C14H18N2O/c1-15(2)7-6-11-10-16-8-9-17-13-5-3-4-12(11)14(13)16/h3-5,10H,6-9H2,1-2H3. The van der Waals surface area contributed by atoms with Crippen molar-refractivity contribution in [2.75, 3.05) is 27.2 Å². The molecule has 0 saturated heterocycles. The Morgan fingerprint density at radius 1 is 1.35 bits per heavy atom. The molecule has 0 spiro atoms. The highest BCUT2D eigenvalue weighted by atomic mass is 16.5. The van der Waals surface area contributed by atoms with Gasteiger partial charge in [-0.3, -0.25) is 0 Å². The van der Waals surface area contributed by atoms with Crippen molar-refractivity contribution in [2.45, 2.75) is 13.0 Å². The Morgan fingerprint density at radius 3 is 3.06 bits per heavy atom. The van der Waals surface area contributed by atoms with Gasteiger partial charge in [-0.15, -0.1) is 0 Å². The van der Waals surface area contributed by atoms with Gasteiger partial charge in [-0.25, -0.2) is 0 Å². The molecule has 3 heteroatoms. The minimum Gasteiger partial charge on any atom is -0.490 e. The van der Waals surface area contributed by atoms with Crippen LogP contribution in [0.1, 0.15) is 5.56 Å². The van der Waals surface area contributed by atoms with E-state index in [4.69, 9.17) is 4.74 Å². The van der Waals surface area contributed by atoms with E-state index < -0.39 is 0 Å². The van der Waals surface area contributed by atoms with Crippen LogP contribution >= 0.6 is 0 Å². The summed E-state index contributed by atoms with van der Waals surface area (Å²) in [6.07, 6.45) is 3.39. The first-order chi connectivity index (χ1) is 8.25. The van der Waals surface area contributed by atoms with Gasteiger partial charge in [0.05, 0.1) is 12.1 Å². The van der Waals surface area contributed by atoms with E-state index >= 15 is 0 Å². The molecule has 0 radical (unpaired) electrons. The Kier molecular flexibility index (Phi) is 2.56. The second kappa shape index (κ2) is 4.08. The zero-order valence-corrected chi connectivity index (χ0v) is 10.4. The third-order valence-electron chi connectivity index (χ3n) is 3.36. The van der Waals surface area contributed by atoms with Gasteiger partial charge < -0.3 is 14.2 Å². The lowest BCUT2D eigenvalue weighted by Gasteiger charge is -2.16. The van der Waals surface area contributed by atoms with E-state index in [0.29, 0.717) is 0 Å². The maximum Gasteiger partial charge on any atom is 0.143 e. The van der Waals surface area contributed by atoms with E-state index in [9.17, 15) is 0 Å². The molecule has 1 aromatic heterocycles. The van der Waals surface area contributed by atoms with E-state index in [2.05, 4.69) is 48.0 Å². The monoisotopic (exact) mass is 230 g/mol. The number of nitrogens with zero attached hydrogens (tertiary/aromatic N) is 2. The van der Waals surface area contributed by atoms with Crippen molar-refractivity contribution in [3.8, 4) is 5.75 Å². The Balaban J connectivity index is 2.06. The van der Waals surface area contributed by atoms with Gasteiger partial charge in [0, 0.05) is 18.1 Å². The third-order valence-corrected chi connectivity index (χ3v) is 3.36. The fourth-order valence-corrected chi connectivity index (χ4v) is 2.49. The average molecular weight is 230 g/mol. The highest BCUT2D eigenvalue weighted by Gasteiger charge is 2.16. The second-order valence-corrected chi connectivity index (χ2v) is 4.90. The van der Waals surface area contributed by atoms with Gasteiger partial charge in [-0.2, -0.15) is 0 Å². The van der Waals surface area contributed by atoms with Crippen molar-refractivity contribution in [3.63, 3.8) is 0 Å². The van der Waals surface area contributed by atoms with Crippen LogP contribution in [0.2, 0.25) is 0 Å². The molecule has 1 aromatic carbocycles. The lowest BCUT2D eigenvalue weighted by molar-refractivity contribution is 0.287. The zero-order valence-electron chi connectivity index (χ0n) is 10.4. The molecule has 0 unspecified atom stereocenters. The molecular weight excluding hydrogens is 212 g/mol. The smallest absolute Gasteiger partial charge is 0.143 e. The molecule has 0 saturated carbocycles. The predicted octanol–water partition coefficient (Wildman–Crippen LogP) is 2.14. The van der Waals surface area contributed by atoms with Crippen LogP contribution in [-0.4, -0.2) is 36.7 Å². The largest absolute Gasteiger partial charge is 0.490 e. The second-order valence-electron chi connectivity index (χ2n) is 4.90. The van der Waals surface area contributed by atoms with Crippen molar-refractivity contribution >= 4 is 10.9 Å². The van der Waals surface area contributed by atoms with Crippen molar-refractivity contribution in [1.29, 1.82) is 0 Å². The normalized spacial score (nSPS) is 14.3. The molecular formula is C14H18N2O. The molecule has 3 nitrogen and oxygen atoms in total. The highest BCUT2D eigenvalue weighted by Crippen LogP contribution is 2.32. The molecule has 1 aliphatic rings. The molecule has 0 bridgehead atoms. The van der Waals surface area contributed by atoms with E-state index in [-0.39, 0.29) is 0 Å². The summed E-state index contributed by atoms with van der Waals surface area (Å²) in [5.41, 5.74) is 2.70. The average Bonchev–Trinajstić information content (AvgIpc) is 2.68. The van der Waals surface area contributed by atoms with Gasteiger partial charge in [-0.1, -0.05) is 12.1 Å². The Morgan fingerprint density at radius 2 is 2.24 bits per heavy atom. The number of para-hydroxylation sites is 1. The molecule has 0 fully saturated rings.